The average Bonchev–Trinajstić information content (AvgIpc) is 3.31. The number of halogens is 1. The third-order valence-corrected chi connectivity index (χ3v) is 4.56. The fourth-order valence-electron chi connectivity index (χ4n) is 2.03. The van der Waals surface area contributed by atoms with Gasteiger partial charge in [0.05, 0.1) is 5.75 Å². The topological polar surface area (TPSA) is 90.7 Å². The van der Waals surface area contributed by atoms with Gasteiger partial charge in [0.2, 0.25) is 17.6 Å². The van der Waals surface area contributed by atoms with E-state index in [1.807, 2.05) is 36.4 Å². The molecule has 124 valence electrons. The van der Waals surface area contributed by atoms with Crippen molar-refractivity contribution >= 4 is 27.7 Å². The first-order chi connectivity index (χ1) is 12.3. The van der Waals surface area contributed by atoms with Crippen LogP contribution in [0.5, 0.6) is 0 Å². The van der Waals surface area contributed by atoms with Crippen LogP contribution < -0.4 is 0 Å². The molecule has 7 nitrogen and oxygen atoms in total. The van der Waals surface area contributed by atoms with Crippen LogP contribution in [0.25, 0.3) is 22.8 Å². The lowest BCUT2D eigenvalue weighted by Crippen LogP contribution is -1.83. The quantitative estimate of drug-likeness (QED) is 0.447. The number of aromatic nitrogens is 5. The minimum absolute atomic E-state index is 0.440. The molecule has 0 radical (unpaired) electrons. The van der Waals surface area contributed by atoms with E-state index < -0.39 is 0 Å². The molecule has 0 saturated heterocycles. The first kappa shape index (κ1) is 16.0. The molecular formula is C16H10BrN5O2S. The van der Waals surface area contributed by atoms with Crippen LogP contribution in [-0.4, -0.2) is 25.3 Å². The van der Waals surface area contributed by atoms with Gasteiger partial charge >= 0.3 is 0 Å². The zero-order chi connectivity index (χ0) is 17.1. The van der Waals surface area contributed by atoms with Crippen molar-refractivity contribution < 1.29 is 8.94 Å². The molecule has 25 heavy (non-hydrogen) atoms. The highest BCUT2D eigenvalue weighted by molar-refractivity contribution is 9.10. The molecule has 4 aromatic rings. The van der Waals surface area contributed by atoms with E-state index in [0.29, 0.717) is 28.6 Å². The van der Waals surface area contributed by atoms with Crippen molar-refractivity contribution in [3.8, 4) is 22.8 Å². The highest BCUT2D eigenvalue weighted by Crippen LogP contribution is 2.26. The molecule has 0 aliphatic carbocycles. The molecule has 0 aliphatic rings. The van der Waals surface area contributed by atoms with E-state index in [1.165, 1.54) is 11.8 Å². The van der Waals surface area contributed by atoms with Crippen molar-refractivity contribution in [3.05, 3.63) is 59.2 Å². The lowest BCUT2D eigenvalue weighted by molar-refractivity contribution is 0.391. The molecular weight excluding hydrogens is 406 g/mol. The highest BCUT2D eigenvalue weighted by atomic mass is 79.9. The Morgan fingerprint density at radius 3 is 2.56 bits per heavy atom. The normalized spacial score (nSPS) is 10.9. The predicted octanol–water partition coefficient (Wildman–Crippen LogP) is 4.24. The van der Waals surface area contributed by atoms with Gasteiger partial charge in [0.25, 0.3) is 5.22 Å². The monoisotopic (exact) mass is 415 g/mol. The molecule has 0 amide bonds. The maximum atomic E-state index is 5.61. The van der Waals surface area contributed by atoms with Gasteiger partial charge in [-0.05, 0) is 36.4 Å². The summed E-state index contributed by atoms with van der Waals surface area (Å²) < 4.78 is 11.9. The summed E-state index contributed by atoms with van der Waals surface area (Å²) in [7, 11) is 0. The van der Waals surface area contributed by atoms with Crippen LogP contribution in [-0.2, 0) is 5.75 Å². The second-order valence-electron chi connectivity index (χ2n) is 4.92. The molecule has 3 heterocycles. The summed E-state index contributed by atoms with van der Waals surface area (Å²) in [5.41, 5.74) is 1.71. The Bertz CT molecular complexity index is 972. The number of rotatable bonds is 5. The van der Waals surface area contributed by atoms with Crippen molar-refractivity contribution in [3.63, 3.8) is 0 Å². The molecule has 0 fully saturated rings. The molecule has 0 atom stereocenters. The highest BCUT2D eigenvalue weighted by Gasteiger charge is 2.13. The summed E-state index contributed by atoms with van der Waals surface area (Å²) in [6.07, 6.45) is 3.35. The average molecular weight is 416 g/mol. The van der Waals surface area contributed by atoms with E-state index in [0.717, 1.165) is 15.6 Å². The summed E-state index contributed by atoms with van der Waals surface area (Å²) in [5, 5.41) is 12.5. The molecule has 3 aromatic heterocycles. The van der Waals surface area contributed by atoms with Crippen molar-refractivity contribution in [1.82, 2.24) is 25.3 Å². The molecule has 0 bridgehead atoms. The van der Waals surface area contributed by atoms with Gasteiger partial charge in [-0.15, -0.1) is 10.2 Å². The Labute approximate surface area is 155 Å². The number of thioether (sulfide) groups is 1. The molecule has 0 aliphatic heterocycles. The van der Waals surface area contributed by atoms with E-state index in [1.54, 1.807) is 12.4 Å². The van der Waals surface area contributed by atoms with Crippen LogP contribution in [0.1, 0.15) is 5.89 Å². The van der Waals surface area contributed by atoms with E-state index in [2.05, 4.69) is 41.3 Å². The summed E-state index contributed by atoms with van der Waals surface area (Å²) in [6.45, 7) is 0. The van der Waals surface area contributed by atoms with Gasteiger partial charge < -0.3 is 8.94 Å². The number of nitrogens with zero attached hydrogens (tertiary/aromatic N) is 5. The fraction of sp³-hybridized carbons (Fsp3) is 0.0625. The molecule has 9 heteroatoms. The van der Waals surface area contributed by atoms with Crippen LogP contribution in [0.2, 0.25) is 0 Å². The van der Waals surface area contributed by atoms with E-state index in [9.17, 15) is 0 Å². The zero-order valence-corrected chi connectivity index (χ0v) is 15.1. The minimum Gasteiger partial charge on any atom is -0.411 e. The maximum Gasteiger partial charge on any atom is 0.277 e. The summed E-state index contributed by atoms with van der Waals surface area (Å²) in [6, 6.07) is 11.3. The maximum absolute atomic E-state index is 5.61. The van der Waals surface area contributed by atoms with Gasteiger partial charge in [0, 0.05) is 28.0 Å². The first-order valence-corrected chi connectivity index (χ1v) is 9.01. The molecule has 0 N–H and O–H groups in total. The molecule has 0 spiro atoms. The lowest BCUT2D eigenvalue weighted by atomic mass is 10.2. The Hall–Kier alpha value is -2.52. The van der Waals surface area contributed by atoms with Crippen LogP contribution in [0.3, 0.4) is 0 Å². The minimum atomic E-state index is 0.440. The van der Waals surface area contributed by atoms with Gasteiger partial charge in [-0.2, -0.15) is 4.98 Å². The molecule has 1 aromatic carbocycles. The summed E-state index contributed by atoms with van der Waals surface area (Å²) in [4.78, 5) is 8.34. The summed E-state index contributed by atoms with van der Waals surface area (Å²) in [5.74, 6) is 1.94. The number of hydrogen-bond donors (Lipinski definition) is 0. The largest absolute Gasteiger partial charge is 0.411 e. The number of hydrogen-bond acceptors (Lipinski definition) is 8. The zero-order valence-electron chi connectivity index (χ0n) is 12.7. The van der Waals surface area contributed by atoms with Crippen LogP contribution in [0.15, 0.2) is 67.4 Å². The van der Waals surface area contributed by atoms with Gasteiger partial charge in [-0.1, -0.05) is 32.8 Å². The lowest BCUT2D eigenvalue weighted by Gasteiger charge is -1.93. The third kappa shape index (κ3) is 3.77. The van der Waals surface area contributed by atoms with Gasteiger partial charge in [0.15, 0.2) is 0 Å². The molecule has 4 rings (SSSR count). The Morgan fingerprint density at radius 2 is 1.76 bits per heavy atom. The van der Waals surface area contributed by atoms with Crippen molar-refractivity contribution in [1.29, 1.82) is 0 Å². The van der Waals surface area contributed by atoms with Crippen LogP contribution in [0, 0.1) is 0 Å². The van der Waals surface area contributed by atoms with Gasteiger partial charge in [-0.3, -0.25) is 4.98 Å². The Balaban J connectivity index is 1.42. The van der Waals surface area contributed by atoms with Crippen LogP contribution >= 0.6 is 27.7 Å². The van der Waals surface area contributed by atoms with Gasteiger partial charge in [0.1, 0.15) is 0 Å². The van der Waals surface area contributed by atoms with E-state index in [-0.39, 0.29) is 0 Å². The predicted molar refractivity (Wildman–Crippen MR) is 94.5 cm³/mol. The second-order valence-corrected chi connectivity index (χ2v) is 6.76. The van der Waals surface area contributed by atoms with Crippen LogP contribution in [0.4, 0.5) is 0 Å². The van der Waals surface area contributed by atoms with Crippen molar-refractivity contribution in [2.24, 2.45) is 0 Å². The standard InChI is InChI=1S/C16H10BrN5O2S/c17-12-3-1-10(2-4-12)14-19-13(24-22-14)9-25-16-21-20-15(23-16)11-5-7-18-8-6-11/h1-8H,9H2. The first-order valence-electron chi connectivity index (χ1n) is 7.23. The third-order valence-electron chi connectivity index (χ3n) is 3.22. The smallest absolute Gasteiger partial charge is 0.277 e. The van der Waals surface area contributed by atoms with Crippen molar-refractivity contribution in [2.45, 2.75) is 11.0 Å². The van der Waals surface area contributed by atoms with Crippen molar-refractivity contribution in [2.75, 3.05) is 0 Å². The van der Waals surface area contributed by atoms with Gasteiger partial charge in [-0.25, -0.2) is 0 Å². The number of pyridine rings is 1. The second kappa shape index (κ2) is 7.16. The SMILES string of the molecule is Brc1ccc(-c2noc(CSc3nnc(-c4ccncc4)o3)n2)cc1. The van der Waals surface area contributed by atoms with E-state index >= 15 is 0 Å². The molecule has 0 unspecified atom stereocenters. The summed E-state index contributed by atoms with van der Waals surface area (Å²) >= 11 is 4.74. The number of benzene rings is 1. The molecule has 0 saturated carbocycles. The Kier molecular flexibility index (Phi) is 4.57. The Morgan fingerprint density at radius 1 is 0.960 bits per heavy atom. The fourth-order valence-corrected chi connectivity index (χ4v) is 2.90. The van der Waals surface area contributed by atoms with E-state index in [4.69, 9.17) is 8.94 Å².